The third kappa shape index (κ3) is 2.60. The Morgan fingerprint density at radius 3 is 3.00 bits per heavy atom. The van der Waals surface area contributed by atoms with Crippen molar-refractivity contribution in [2.45, 2.75) is 11.8 Å². The Hall–Kier alpha value is -1.27. The average molecular weight is 190 g/mol. The summed E-state index contributed by atoms with van der Waals surface area (Å²) in [6, 6.07) is 8.01. The second-order valence-electron chi connectivity index (χ2n) is 2.58. The normalized spacial score (nSPS) is 9.23. The van der Waals surface area contributed by atoms with Gasteiger partial charge in [0.1, 0.15) is 0 Å². The first-order valence-electron chi connectivity index (χ1n) is 3.85. The zero-order valence-corrected chi connectivity index (χ0v) is 8.27. The predicted molar refractivity (Wildman–Crippen MR) is 56.7 cm³/mol. The minimum absolute atomic E-state index is 0.450. The summed E-state index contributed by atoms with van der Waals surface area (Å²) in [6.45, 7) is 5.50. The molecule has 2 nitrogen and oxygen atoms in total. The molecule has 0 saturated carbocycles. The van der Waals surface area contributed by atoms with E-state index in [9.17, 15) is 0 Å². The van der Waals surface area contributed by atoms with E-state index in [4.69, 9.17) is 5.26 Å². The molecular formula is C10H10N2S. The van der Waals surface area contributed by atoms with Crippen molar-refractivity contribution in [3.05, 3.63) is 23.8 Å². The molecule has 1 aromatic carbocycles. The van der Waals surface area contributed by atoms with Gasteiger partial charge in [-0.05, 0) is 31.3 Å². The van der Waals surface area contributed by atoms with Crippen LogP contribution in [-0.2, 0) is 0 Å². The summed E-state index contributed by atoms with van der Waals surface area (Å²) in [7, 11) is 0. The van der Waals surface area contributed by atoms with Gasteiger partial charge in [-0.15, -0.1) is 11.8 Å². The van der Waals surface area contributed by atoms with E-state index in [1.807, 2.05) is 25.1 Å². The van der Waals surface area contributed by atoms with Crippen LogP contribution in [0.4, 0.5) is 5.69 Å². The SMILES string of the molecule is C=Nc1ccc(C)cc1SCC#N. The summed E-state index contributed by atoms with van der Waals surface area (Å²) in [5.41, 5.74) is 2.03. The van der Waals surface area contributed by atoms with Crippen LogP contribution >= 0.6 is 11.8 Å². The third-order valence-corrected chi connectivity index (χ3v) is 2.49. The first kappa shape index (κ1) is 9.82. The van der Waals surface area contributed by atoms with E-state index in [1.165, 1.54) is 17.3 Å². The minimum atomic E-state index is 0.450. The highest BCUT2D eigenvalue weighted by molar-refractivity contribution is 7.99. The molecule has 0 saturated heterocycles. The van der Waals surface area contributed by atoms with E-state index >= 15 is 0 Å². The zero-order valence-electron chi connectivity index (χ0n) is 7.45. The number of rotatable bonds is 3. The number of aryl methyl sites for hydroxylation is 1. The van der Waals surface area contributed by atoms with Gasteiger partial charge in [0.05, 0.1) is 17.5 Å². The highest BCUT2D eigenvalue weighted by atomic mass is 32.2. The lowest BCUT2D eigenvalue weighted by Crippen LogP contribution is -1.78. The molecule has 0 N–H and O–H groups in total. The van der Waals surface area contributed by atoms with Gasteiger partial charge in [-0.2, -0.15) is 5.26 Å². The fraction of sp³-hybridized carbons (Fsp3) is 0.200. The van der Waals surface area contributed by atoms with Crippen molar-refractivity contribution in [3.63, 3.8) is 0 Å². The molecule has 3 heteroatoms. The van der Waals surface area contributed by atoms with Crippen LogP contribution < -0.4 is 0 Å². The van der Waals surface area contributed by atoms with Gasteiger partial charge in [0.25, 0.3) is 0 Å². The van der Waals surface area contributed by atoms with E-state index in [-0.39, 0.29) is 0 Å². The molecule has 0 fully saturated rings. The van der Waals surface area contributed by atoms with Gasteiger partial charge in [-0.1, -0.05) is 6.07 Å². The fourth-order valence-electron chi connectivity index (χ4n) is 0.978. The standard InChI is InChI=1S/C10H10N2S/c1-8-3-4-9(12-2)10(7-8)13-6-5-11/h3-4,7H,2,6H2,1H3. The topological polar surface area (TPSA) is 36.1 Å². The molecule has 66 valence electrons. The van der Waals surface area contributed by atoms with Crippen LogP contribution in [0.25, 0.3) is 0 Å². The van der Waals surface area contributed by atoms with Crippen molar-refractivity contribution in [1.29, 1.82) is 5.26 Å². The molecule has 0 atom stereocenters. The van der Waals surface area contributed by atoms with Crippen LogP contribution in [0.5, 0.6) is 0 Å². The molecule has 0 amide bonds. The molecule has 0 aliphatic heterocycles. The van der Waals surface area contributed by atoms with Crippen LogP contribution in [0.15, 0.2) is 28.1 Å². The van der Waals surface area contributed by atoms with Crippen molar-refractivity contribution >= 4 is 24.2 Å². The monoisotopic (exact) mass is 190 g/mol. The second kappa shape index (κ2) is 4.68. The van der Waals surface area contributed by atoms with Crippen molar-refractivity contribution < 1.29 is 0 Å². The first-order chi connectivity index (χ1) is 6.27. The molecule has 0 heterocycles. The predicted octanol–water partition coefficient (Wildman–Crippen LogP) is 2.94. The van der Waals surface area contributed by atoms with Crippen molar-refractivity contribution in [2.75, 3.05) is 5.75 Å². The molecule has 0 radical (unpaired) electrons. The molecular weight excluding hydrogens is 180 g/mol. The van der Waals surface area contributed by atoms with Crippen LogP contribution in [0.1, 0.15) is 5.56 Å². The lowest BCUT2D eigenvalue weighted by Gasteiger charge is -2.03. The maximum absolute atomic E-state index is 8.44. The number of nitriles is 1. The number of aliphatic imine (C=N–C) groups is 1. The van der Waals surface area contributed by atoms with Crippen LogP contribution in [-0.4, -0.2) is 12.5 Å². The van der Waals surface area contributed by atoms with Crippen LogP contribution in [0.2, 0.25) is 0 Å². The van der Waals surface area contributed by atoms with E-state index < -0.39 is 0 Å². The van der Waals surface area contributed by atoms with Gasteiger partial charge in [0.15, 0.2) is 0 Å². The van der Waals surface area contributed by atoms with Crippen molar-refractivity contribution in [2.24, 2.45) is 4.99 Å². The second-order valence-corrected chi connectivity index (χ2v) is 3.59. The van der Waals surface area contributed by atoms with E-state index in [1.54, 1.807) is 0 Å². The molecule has 0 bridgehead atoms. The Morgan fingerprint density at radius 2 is 2.38 bits per heavy atom. The van der Waals surface area contributed by atoms with Gasteiger partial charge >= 0.3 is 0 Å². The van der Waals surface area contributed by atoms with E-state index in [0.717, 1.165) is 10.6 Å². The van der Waals surface area contributed by atoms with Gasteiger partial charge in [-0.25, -0.2) is 0 Å². The summed E-state index contributed by atoms with van der Waals surface area (Å²) >= 11 is 1.49. The number of thioether (sulfide) groups is 1. The number of hydrogen-bond acceptors (Lipinski definition) is 3. The Kier molecular flexibility index (Phi) is 3.53. The highest BCUT2D eigenvalue weighted by Crippen LogP contribution is 2.29. The molecule has 1 rings (SSSR count). The Balaban J connectivity index is 2.95. The largest absolute Gasteiger partial charge is 0.263 e. The van der Waals surface area contributed by atoms with Gasteiger partial charge in [0, 0.05) is 4.90 Å². The summed E-state index contributed by atoms with van der Waals surface area (Å²) in [5, 5.41) is 8.44. The number of nitrogens with zero attached hydrogens (tertiary/aromatic N) is 2. The van der Waals surface area contributed by atoms with Gasteiger partial charge < -0.3 is 0 Å². The molecule has 0 unspecified atom stereocenters. The molecule has 0 aliphatic carbocycles. The Bertz CT molecular complexity index is 352. The number of benzene rings is 1. The Morgan fingerprint density at radius 1 is 1.62 bits per heavy atom. The number of hydrogen-bond donors (Lipinski definition) is 0. The quantitative estimate of drug-likeness (QED) is 0.542. The first-order valence-corrected chi connectivity index (χ1v) is 4.83. The molecule has 13 heavy (non-hydrogen) atoms. The summed E-state index contributed by atoms with van der Waals surface area (Å²) in [4.78, 5) is 4.91. The Labute approximate surface area is 82.3 Å². The third-order valence-electron chi connectivity index (χ3n) is 1.58. The van der Waals surface area contributed by atoms with Crippen molar-refractivity contribution in [3.8, 4) is 6.07 Å². The smallest absolute Gasteiger partial charge is 0.0856 e. The highest BCUT2D eigenvalue weighted by Gasteiger charge is 2.00. The van der Waals surface area contributed by atoms with Crippen LogP contribution in [0, 0.1) is 18.3 Å². The molecule has 0 aliphatic rings. The van der Waals surface area contributed by atoms with Gasteiger partial charge in [-0.3, -0.25) is 4.99 Å². The zero-order chi connectivity index (χ0) is 9.68. The molecule has 0 aromatic heterocycles. The lowest BCUT2D eigenvalue weighted by molar-refractivity contribution is 1.32. The lowest BCUT2D eigenvalue weighted by atomic mass is 10.2. The maximum Gasteiger partial charge on any atom is 0.0856 e. The molecule has 0 spiro atoms. The average Bonchev–Trinajstić information content (AvgIpc) is 2.15. The maximum atomic E-state index is 8.44. The summed E-state index contributed by atoms with van der Waals surface area (Å²) in [6.07, 6.45) is 0. The van der Waals surface area contributed by atoms with Crippen molar-refractivity contribution in [1.82, 2.24) is 0 Å². The fourth-order valence-corrected chi connectivity index (χ4v) is 1.75. The van der Waals surface area contributed by atoms with Gasteiger partial charge in [0.2, 0.25) is 0 Å². The van der Waals surface area contributed by atoms with E-state index in [2.05, 4.69) is 17.8 Å². The minimum Gasteiger partial charge on any atom is -0.263 e. The van der Waals surface area contributed by atoms with E-state index in [0.29, 0.717) is 5.75 Å². The molecule has 1 aromatic rings. The summed E-state index contributed by atoms with van der Waals surface area (Å²) in [5.74, 6) is 0.450. The van der Waals surface area contributed by atoms with Crippen LogP contribution in [0.3, 0.4) is 0 Å². The summed E-state index contributed by atoms with van der Waals surface area (Å²) < 4.78 is 0.